The zero-order valence-corrected chi connectivity index (χ0v) is 20.5. The smallest absolute Gasteiger partial charge is 0.293 e. The average molecular weight is 476 g/mol. The van der Waals surface area contributed by atoms with Gasteiger partial charge in [-0.25, -0.2) is 0 Å². The van der Waals surface area contributed by atoms with Crippen LogP contribution in [-0.2, 0) is 30.3 Å². The van der Waals surface area contributed by atoms with Crippen LogP contribution < -0.4 is 5.32 Å². The van der Waals surface area contributed by atoms with Gasteiger partial charge in [0.1, 0.15) is 18.4 Å². The third kappa shape index (κ3) is 6.35. The molecule has 3 rings (SSSR count). The highest BCUT2D eigenvalue weighted by molar-refractivity contribution is 7.99. The van der Waals surface area contributed by atoms with Gasteiger partial charge in [-0.1, -0.05) is 43.7 Å². The van der Waals surface area contributed by atoms with Crippen molar-refractivity contribution >= 4 is 35.3 Å². The maximum absolute atomic E-state index is 13.0. The lowest BCUT2D eigenvalue weighted by Gasteiger charge is -2.28. The molecular weight excluding hydrogens is 442 g/mol. The van der Waals surface area contributed by atoms with Crippen molar-refractivity contribution in [2.75, 3.05) is 18.2 Å². The van der Waals surface area contributed by atoms with Crippen LogP contribution in [0, 0.1) is 0 Å². The zero-order chi connectivity index (χ0) is 24.2. The molecule has 0 aliphatic carbocycles. The van der Waals surface area contributed by atoms with Crippen molar-refractivity contribution < 1.29 is 23.9 Å². The largest absolute Gasteiger partial charge is 0.350 e. The van der Waals surface area contributed by atoms with E-state index in [1.807, 2.05) is 58.0 Å². The Morgan fingerprint density at radius 3 is 2.52 bits per heavy atom. The molecule has 1 N–H and O–H groups in total. The maximum Gasteiger partial charge on any atom is 0.293 e. The molecule has 2 unspecified atom stereocenters. The molecule has 1 aromatic carbocycles. The van der Waals surface area contributed by atoms with Crippen LogP contribution in [0.15, 0.2) is 30.3 Å². The lowest BCUT2D eigenvalue weighted by atomic mass is 10.1. The van der Waals surface area contributed by atoms with Gasteiger partial charge in [-0.15, -0.1) is 11.8 Å². The summed E-state index contributed by atoms with van der Waals surface area (Å²) in [5, 5.41) is 2.88. The molecule has 0 radical (unpaired) electrons. The summed E-state index contributed by atoms with van der Waals surface area (Å²) >= 11 is 1.43. The Bertz CT molecular complexity index is 886. The standard InChI is InChI=1S/C24H33N3O5S/c1-5-9-19-23(31)26(20(32-19)12-16-10-7-6-8-11-16)13-18(28)22(30)27-15-33-14-17(27)21(29)25-24(2,3)4/h6-8,10-11,17,19-20H,5,9,12-15H2,1-4H3,(H,25,29)/t17?,19?,20-/m1/s1. The van der Waals surface area contributed by atoms with Crippen molar-refractivity contribution in [2.24, 2.45) is 0 Å². The molecule has 2 heterocycles. The Kier molecular flexibility index (Phi) is 8.18. The Morgan fingerprint density at radius 1 is 1.18 bits per heavy atom. The quantitative estimate of drug-likeness (QED) is 0.578. The number of hydrogen-bond donors (Lipinski definition) is 1. The van der Waals surface area contributed by atoms with Gasteiger partial charge in [0.05, 0.1) is 12.4 Å². The molecule has 1 aromatic rings. The Morgan fingerprint density at radius 2 is 1.88 bits per heavy atom. The number of benzene rings is 1. The molecule has 0 saturated carbocycles. The fourth-order valence-corrected chi connectivity index (χ4v) is 5.10. The zero-order valence-electron chi connectivity index (χ0n) is 19.7. The highest BCUT2D eigenvalue weighted by Crippen LogP contribution is 2.26. The van der Waals surface area contributed by atoms with E-state index in [9.17, 15) is 19.2 Å². The first-order valence-corrected chi connectivity index (χ1v) is 12.5. The first kappa shape index (κ1) is 25.2. The average Bonchev–Trinajstić information content (AvgIpc) is 3.34. The van der Waals surface area contributed by atoms with Crippen molar-refractivity contribution in [3.05, 3.63) is 35.9 Å². The molecule has 3 amide bonds. The van der Waals surface area contributed by atoms with Crippen LogP contribution in [0.5, 0.6) is 0 Å². The minimum atomic E-state index is -0.737. The second-order valence-electron chi connectivity index (χ2n) is 9.48. The molecular formula is C24H33N3O5S. The Labute approximate surface area is 199 Å². The molecule has 180 valence electrons. The first-order valence-electron chi connectivity index (χ1n) is 11.3. The number of Topliss-reactive ketones (excluding diaryl/α,β-unsaturated/α-hetero) is 1. The van der Waals surface area contributed by atoms with E-state index in [1.54, 1.807) is 0 Å². The molecule has 8 nitrogen and oxygen atoms in total. The van der Waals surface area contributed by atoms with Crippen molar-refractivity contribution in [1.29, 1.82) is 0 Å². The number of ether oxygens (including phenoxy) is 1. The van der Waals surface area contributed by atoms with Crippen LogP contribution in [0.2, 0.25) is 0 Å². The summed E-state index contributed by atoms with van der Waals surface area (Å²) < 4.78 is 5.98. The predicted molar refractivity (Wildman–Crippen MR) is 126 cm³/mol. The molecule has 33 heavy (non-hydrogen) atoms. The molecule has 2 aliphatic heterocycles. The van der Waals surface area contributed by atoms with Gasteiger partial charge in [-0.05, 0) is 32.8 Å². The number of nitrogens with zero attached hydrogens (tertiary/aromatic N) is 2. The van der Waals surface area contributed by atoms with E-state index < -0.39 is 35.6 Å². The van der Waals surface area contributed by atoms with E-state index in [0.717, 1.165) is 12.0 Å². The highest BCUT2D eigenvalue weighted by Gasteiger charge is 2.43. The van der Waals surface area contributed by atoms with Gasteiger partial charge in [0.25, 0.3) is 11.8 Å². The number of carbonyl (C=O) groups excluding carboxylic acids is 4. The molecule has 0 spiro atoms. The van der Waals surface area contributed by atoms with Crippen LogP contribution >= 0.6 is 11.8 Å². The van der Waals surface area contributed by atoms with Gasteiger partial charge in [0.2, 0.25) is 11.7 Å². The second kappa shape index (κ2) is 10.7. The summed E-state index contributed by atoms with van der Waals surface area (Å²) in [6.45, 7) is 7.20. The number of carbonyl (C=O) groups is 4. The Hall–Kier alpha value is -2.39. The van der Waals surface area contributed by atoms with E-state index in [4.69, 9.17) is 4.74 Å². The summed E-state index contributed by atoms with van der Waals surface area (Å²) in [5.74, 6) is -1.29. The molecule has 2 aliphatic rings. The fraction of sp³-hybridized carbons (Fsp3) is 0.583. The van der Waals surface area contributed by atoms with Crippen molar-refractivity contribution in [1.82, 2.24) is 15.1 Å². The summed E-state index contributed by atoms with van der Waals surface area (Å²) in [6.07, 6.45) is 0.538. The van der Waals surface area contributed by atoms with Crippen molar-refractivity contribution in [2.45, 2.75) is 70.9 Å². The minimum Gasteiger partial charge on any atom is -0.350 e. The third-order valence-corrected chi connectivity index (χ3v) is 6.54. The van der Waals surface area contributed by atoms with E-state index >= 15 is 0 Å². The van der Waals surface area contributed by atoms with E-state index in [-0.39, 0.29) is 24.2 Å². The molecule has 2 saturated heterocycles. The first-order chi connectivity index (χ1) is 15.6. The Balaban J connectivity index is 1.70. The van der Waals surface area contributed by atoms with Crippen LogP contribution in [-0.4, -0.2) is 75.4 Å². The predicted octanol–water partition coefficient (Wildman–Crippen LogP) is 1.97. The van der Waals surface area contributed by atoms with Crippen molar-refractivity contribution in [3.63, 3.8) is 0 Å². The third-order valence-electron chi connectivity index (χ3n) is 5.53. The van der Waals surface area contributed by atoms with Crippen LogP contribution in [0.3, 0.4) is 0 Å². The van der Waals surface area contributed by atoms with Crippen LogP contribution in [0.4, 0.5) is 0 Å². The summed E-state index contributed by atoms with van der Waals surface area (Å²) in [5.41, 5.74) is 0.535. The van der Waals surface area contributed by atoms with E-state index in [2.05, 4.69) is 5.32 Å². The summed E-state index contributed by atoms with van der Waals surface area (Å²) in [4.78, 5) is 54.3. The monoisotopic (exact) mass is 475 g/mol. The van der Waals surface area contributed by atoms with Crippen molar-refractivity contribution in [3.8, 4) is 0 Å². The van der Waals surface area contributed by atoms with Gasteiger partial charge in [-0.2, -0.15) is 0 Å². The maximum atomic E-state index is 13.0. The summed E-state index contributed by atoms with van der Waals surface area (Å²) in [7, 11) is 0. The number of nitrogens with one attached hydrogen (secondary N) is 1. The minimum absolute atomic E-state index is 0.267. The summed E-state index contributed by atoms with van der Waals surface area (Å²) in [6, 6.07) is 8.89. The molecule has 0 bridgehead atoms. The van der Waals surface area contributed by atoms with Crippen LogP contribution in [0.1, 0.15) is 46.1 Å². The number of rotatable bonds is 8. The molecule has 9 heteroatoms. The number of hydrogen-bond acceptors (Lipinski definition) is 6. The van der Waals surface area contributed by atoms with E-state index in [0.29, 0.717) is 18.6 Å². The van der Waals surface area contributed by atoms with Gasteiger partial charge in [-0.3, -0.25) is 19.2 Å². The molecule has 3 atom stereocenters. The highest BCUT2D eigenvalue weighted by atomic mass is 32.2. The second-order valence-corrected chi connectivity index (χ2v) is 10.5. The van der Waals surface area contributed by atoms with Gasteiger partial charge in [0.15, 0.2) is 0 Å². The lowest BCUT2D eigenvalue weighted by molar-refractivity contribution is -0.149. The van der Waals surface area contributed by atoms with Gasteiger partial charge >= 0.3 is 0 Å². The van der Waals surface area contributed by atoms with E-state index in [1.165, 1.54) is 21.6 Å². The molecule has 0 aromatic heterocycles. The number of ketones is 1. The SMILES string of the molecule is CCCC1O[C@H](Cc2ccccc2)N(CC(=O)C(=O)N2CSCC2C(=O)NC(C)(C)C)C1=O. The fourth-order valence-electron chi connectivity index (χ4n) is 3.95. The van der Waals surface area contributed by atoms with Gasteiger partial charge < -0.3 is 19.9 Å². The topological polar surface area (TPSA) is 96.0 Å². The number of thioether (sulfide) groups is 1. The number of amides is 3. The normalized spacial score (nSPS) is 23.2. The molecule has 2 fully saturated rings. The van der Waals surface area contributed by atoms with Crippen LogP contribution in [0.25, 0.3) is 0 Å². The van der Waals surface area contributed by atoms with Gasteiger partial charge in [0, 0.05) is 17.7 Å². The lowest BCUT2D eigenvalue weighted by Crippen LogP contribution is -2.54.